The highest BCUT2D eigenvalue weighted by atomic mass is 19.1. The largest absolute Gasteiger partial charge is 0.496 e. The van der Waals surface area contributed by atoms with Crippen molar-refractivity contribution in [2.45, 2.75) is 39.5 Å². The van der Waals surface area contributed by atoms with Crippen LogP contribution < -0.4 is 10.3 Å². The van der Waals surface area contributed by atoms with Crippen LogP contribution in [0, 0.1) is 12.7 Å². The SMILES string of the molecule is CCC(CC)c1cc(C)n2nc(-c3c(F)cccc3OC)n(C)c(=O)c12. The van der Waals surface area contributed by atoms with E-state index in [-0.39, 0.29) is 16.9 Å². The molecule has 6 heteroatoms. The summed E-state index contributed by atoms with van der Waals surface area (Å²) in [5.74, 6) is 0.405. The monoisotopic (exact) mass is 357 g/mol. The number of aromatic nitrogens is 3. The van der Waals surface area contributed by atoms with Crippen LogP contribution in [0.1, 0.15) is 43.9 Å². The number of rotatable bonds is 5. The third kappa shape index (κ3) is 2.69. The lowest BCUT2D eigenvalue weighted by Gasteiger charge is -2.15. The van der Waals surface area contributed by atoms with Crippen molar-refractivity contribution < 1.29 is 9.13 Å². The first-order valence-electron chi connectivity index (χ1n) is 8.86. The number of hydrogen-bond acceptors (Lipinski definition) is 3. The zero-order valence-electron chi connectivity index (χ0n) is 15.8. The Hall–Kier alpha value is -2.63. The molecule has 0 atom stereocenters. The predicted molar refractivity (Wildman–Crippen MR) is 100 cm³/mol. The first-order valence-corrected chi connectivity index (χ1v) is 8.86. The normalized spacial score (nSPS) is 11.5. The smallest absolute Gasteiger partial charge is 0.278 e. The van der Waals surface area contributed by atoms with Crippen molar-refractivity contribution in [2.75, 3.05) is 7.11 Å². The second-order valence-electron chi connectivity index (χ2n) is 6.52. The molecule has 0 saturated heterocycles. The molecule has 0 unspecified atom stereocenters. The molecule has 0 aliphatic rings. The van der Waals surface area contributed by atoms with E-state index >= 15 is 0 Å². The van der Waals surface area contributed by atoms with Gasteiger partial charge in [0.05, 0.1) is 12.7 Å². The van der Waals surface area contributed by atoms with Crippen molar-refractivity contribution in [2.24, 2.45) is 7.05 Å². The molecule has 138 valence electrons. The maximum absolute atomic E-state index is 14.5. The Balaban J connectivity index is 2.38. The molecule has 3 aromatic rings. The zero-order valence-corrected chi connectivity index (χ0v) is 15.8. The van der Waals surface area contributed by atoms with Crippen molar-refractivity contribution in [3.63, 3.8) is 0 Å². The molecule has 0 bridgehead atoms. The second kappa shape index (κ2) is 6.94. The summed E-state index contributed by atoms with van der Waals surface area (Å²) in [6, 6.07) is 6.59. The molecular weight excluding hydrogens is 333 g/mol. The van der Waals surface area contributed by atoms with Gasteiger partial charge in [-0.05, 0) is 49.4 Å². The van der Waals surface area contributed by atoms with Gasteiger partial charge in [-0.2, -0.15) is 0 Å². The van der Waals surface area contributed by atoms with Crippen molar-refractivity contribution >= 4 is 5.52 Å². The number of ether oxygens (including phenoxy) is 1. The van der Waals surface area contributed by atoms with Crippen LogP contribution >= 0.6 is 0 Å². The van der Waals surface area contributed by atoms with Crippen molar-refractivity contribution in [3.05, 3.63) is 51.7 Å². The summed E-state index contributed by atoms with van der Waals surface area (Å²) < 4.78 is 22.9. The van der Waals surface area contributed by atoms with Crippen LogP contribution in [0.25, 0.3) is 16.9 Å². The highest BCUT2D eigenvalue weighted by Gasteiger charge is 2.23. The Morgan fingerprint density at radius 2 is 1.96 bits per heavy atom. The van der Waals surface area contributed by atoms with Gasteiger partial charge in [-0.1, -0.05) is 19.9 Å². The quantitative estimate of drug-likeness (QED) is 0.692. The molecule has 2 aromatic heterocycles. The van der Waals surface area contributed by atoms with Crippen LogP contribution in [0.4, 0.5) is 4.39 Å². The van der Waals surface area contributed by atoms with Crippen LogP contribution in [0.2, 0.25) is 0 Å². The molecular formula is C20H24FN3O2. The number of benzene rings is 1. The summed E-state index contributed by atoms with van der Waals surface area (Å²) in [5, 5.41) is 4.61. The van der Waals surface area contributed by atoms with Gasteiger partial charge in [0.1, 0.15) is 17.1 Å². The summed E-state index contributed by atoms with van der Waals surface area (Å²) in [6.45, 7) is 6.14. The minimum absolute atomic E-state index is 0.185. The second-order valence-corrected chi connectivity index (χ2v) is 6.52. The Morgan fingerprint density at radius 3 is 2.58 bits per heavy atom. The lowest BCUT2D eigenvalue weighted by atomic mass is 9.95. The maximum atomic E-state index is 14.5. The van der Waals surface area contributed by atoms with Gasteiger partial charge >= 0.3 is 0 Å². The van der Waals surface area contributed by atoms with Crippen molar-refractivity contribution in [1.29, 1.82) is 0 Å². The first-order chi connectivity index (χ1) is 12.4. The molecule has 0 radical (unpaired) electrons. The van der Waals surface area contributed by atoms with Gasteiger partial charge in [0.25, 0.3) is 5.56 Å². The Labute approximate surface area is 152 Å². The van der Waals surface area contributed by atoms with E-state index in [0.717, 1.165) is 24.1 Å². The van der Waals surface area contributed by atoms with Crippen LogP contribution in [0.5, 0.6) is 5.75 Å². The number of hydrogen-bond donors (Lipinski definition) is 0. The van der Waals surface area contributed by atoms with Gasteiger partial charge in [0, 0.05) is 12.7 Å². The molecule has 0 fully saturated rings. The first kappa shape index (κ1) is 18.2. The molecule has 0 saturated carbocycles. The van der Waals surface area contributed by atoms with E-state index in [1.165, 1.54) is 17.7 Å². The van der Waals surface area contributed by atoms with Gasteiger partial charge in [-0.15, -0.1) is 5.10 Å². The number of fused-ring (bicyclic) bond motifs is 1. The standard InChI is InChI=1S/C20H24FN3O2/c1-6-13(7-2)14-11-12(3)24-18(14)20(25)23(4)19(22-24)17-15(21)9-8-10-16(17)26-5/h8-11,13H,6-7H2,1-5H3. The molecule has 5 nitrogen and oxygen atoms in total. The van der Waals surface area contributed by atoms with E-state index in [1.54, 1.807) is 23.7 Å². The highest BCUT2D eigenvalue weighted by Crippen LogP contribution is 2.32. The molecule has 2 heterocycles. The third-order valence-corrected chi connectivity index (χ3v) is 5.05. The fraction of sp³-hybridized carbons (Fsp3) is 0.400. The van der Waals surface area contributed by atoms with Crippen molar-refractivity contribution in [3.8, 4) is 17.1 Å². The van der Waals surface area contributed by atoms with Gasteiger partial charge < -0.3 is 4.74 Å². The Morgan fingerprint density at radius 1 is 1.27 bits per heavy atom. The molecule has 0 N–H and O–H groups in total. The predicted octanol–water partition coefficient (Wildman–Crippen LogP) is 4.06. The summed E-state index contributed by atoms with van der Waals surface area (Å²) in [4.78, 5) is 13.1. The van der Waals surface area contributed by atoms with Crippen LogP contribution in [0.3, 0.4) is 0 Å². The molecule has 0 amide bonds. The lowest BCUT2D eigenvalue weighted by molar-refractivity contribution is 0.412. The maximum Gasteiger partial charge on any atom is 0.278 e. The zero-order chi connectivity index (χ0) is 19.0. The van der Waals surface area contributed by atoms with Crippen molar-refractivity contribution in [1.82, 2.24) is 14.2 Å². The van der Waals surface area contributed by atoms with E-state index in [4.69, 9.17) is 4.74 Å². The van der Waals surface area contributed by atoms with E-state index in [0.29, 0.717) is 17.2 Å². The lowest BCUT2D eigenvalue weighted by Crippen LogP contribution is -2.24. The third-order valence-electron chi connectivity index (χ3n) is 5.05. The van der Waals surface area contributed by atoms with E-state index in [2.05, 4.69) is 18.9 Å². The van der Waals surface area contributed by atoms with Gasteiger partial charge in [-0.25, -0.2) is 8.91 Å². The average molecular weight is 357 g/mol. The average Bonchev–Trinajstić information content (AvgIpc) is 2.96. The van der Waals surface area contributed by atoms with Gasteiger partial charge in [0.15, 0.2) is 5.82 Å². The Bertz CT molecular complexity index is 1020. The van der Waals surface area contributed by atoms with Crippen LogP contribution in [0.15, 0.2) is 29.1 Å². The molecule has 1 aromatic carbocycles. The fourth-order valence-corrected chi connectivity index (χ4v) is 3.56. The molecule has 3 rings (SSSR count). The minimum atomic E-state index is -0.476. The molecule has 0 aliphatic carbocycles. The molecule has 0 aliphatic heterocycles. The van der Waals surface area contributed by atoms with E-state index in [9.17, 15) is 9.18 Å². The van der Waals surface area contributed by atoms with E-state index in [1.807, 2.05) is 13.0 Å². The van der Waals surface area contributed by atoms with Crippen LogP contribution in [-0.2, 0) is 7.05 Å². The Kier molecular flexibility index (Phi) is 4.85. The number of nitrogens with zero attached hydrogens (tertiary/aromatic N) is 3. The van der Waals surface area contributed by atoms with Crippen LogP contribution in [-0.4, -0.2) is 21.3 Å². The highest BCUT2D eigenvalue weighted by molar-refractivity contribution is 5.67. The van der Waals surface area contributed by atoms with E-state index < -0.39 is 5.82 Å². The summed E-state index contributed by atoms with van der Waals surface area (Å²) in [7, 11) is 3.09. The number of aryl methyl sites for hydroxylation is 1. The summed E-state index contributed by atoms with van der Waals surface area (Å²) in [5.41, 5.74) is 2.44. The topological polar surface area (TPSA) is 48.5 Å². The number of methoxy groups -OCH3 is 1. The molecule has 0 spiro atoms. The summed E-state index contributed by atoms with van der Waals surface area (Å²) >= 11 is 0. The van der Waals surface area contributed by atoms with Gasteiger partial charge in [-0.3, -0.25) is 9.36 Å². The van der Waals surface area contributed by atoms with Gasteiger partial charge in [0.2, 0.25) is 0 Å². The summed E-state index contributed by atoms with van der Waals surface area (Å²) in [6.07, 6.45) is 1.89. The minimum Gasteiger partial charge on any atom is -0.496 e. The fourth-order valence-electron chi connectivity index (χ4n) is 3.56. The molecule has 26 heavy (non-hydrogen) atoms. The number of halogens is 1.